The number of rotatable bonds is 4. The molecular weight excluding hydrogens is 292 g/mol. The number of thiazole rings is 2. The fourth-order valence-electron chi connectivity index (χ4n) is 1.44. The Kier molecular flexibility index (Phi) is 3.66. The molecule has 1 atom stereocenters. The maximum Gasteiger partial charge on any atom is 0.252 e. The molecule has 1 unspecified atom stereocenters. The van der Waals surface area contributed by atoms with E-state index in [0.29, 0.717) is 10.7 Å². The van der Waals surface area contributed by atoms with Crippen LogP contribution in [0, 0.1) is 6.92 Å². The second-order valence-corrected chi connectivity index (χ2v) is 7.50. The van der Waals surface area contributed by atoms with E-state index < -0.39 is 10.0 Å². The molecule has 0 aliphatic carbocycles. The minimum Gasteiger partial charge on any atom is -0.375 e. The number of nitrogen functional groups attached to an aromatic ring is 1. The number of nitrogens with one attached hydrogen (secondary N) is 1. The maximum atomic E-state index is 12.2. The third kappa shape index (κ3) is 2.69. The zero-order chi connectivity index (χ0) is 13.3. The Labute approximate surface area is 113 Å². The first kappa shape index (κ1) is 13.4. The summed E-state index contributed by atoms with van der Waals surface area (Å²) in [7, 11) is -3.60. The largest absolute Gasteiger partial charge is 0.375 e. The van der Waals surface area contributed by atoms with E-state index in [1.165, 1.54) is 11.3 Å². The van der Waals surface area contributed by atoms with Crippen molar-refractivity contribution in [3.8, 4) is 0 Å². The van der Waals surface area contributed by atoms with Crippen LogP contribution >= 0.6 is 22.7 Å². The Bertz CT molecular complexity index is 633. The van der Waals surface area contributed by atoms with Crippen LogP contribution in [0.5, 0.6) is 0 Å². The zero-order valence-corrected chi connectivity index (χ0v) is 12.2. The smallest absolute Gasteiger partial charge is 0.252 e. The van der Waals surface area contributed by atoms with Gasteiger partial charge in [-0.3, -0.25) is 0 Å². The molecule has 0 aliphatic heterocycles. The third-order valence-corrected chi connectivity index (χ3v) is 6.26. The van der Waals surface area contributed by atoms with E-state index >= 15 is 0 Å². The highest BCUT2D eigenvalue weighted by atomic mass is 32.2. The molecular formula is C9H12N4O2S3. The summed E-state index contributed by atoms with van der Waals surface area (Å²) in [6, 6.07) is -0.377. The first-order chi connectivity index (χ1) is 8.40. The van der Waals surface area contributed by atoms with Crippen LogP contribution in [0.1, 0.15) is 23.7 Å². The third-order valence-electron chi connectivity index (χ3n) is 2.17. The summed E-state index contributed by atoms with van der Waals surface area (Å²) in [5.74, 6) is 0. The van der Waals surface area contributed by atoms with E-state index in [4.69, 9.17) is 5.73 Å². The predicted molar refractivity (Wildman–Crippen MR) is 72.1 cm³/mol. The summed E-state index contributed by atoms with van der Waals surface area (Å²) in [6.45, 7) is 3.37. The van der Waals surface area contributed by atoms with Crippen molar-refractivity contribution in [3.05, 3.63) is 22.3 Å². The number of aryl methyl sites for hydroxylation is 1. The number of nitrogens with two attached hydrogens (primary N) is 1. The molecule has 0 saturated heterocycles. The monoisotopic (exact) mass is 304 g/mol. The van der Waals surface area contributed by atoms with Gasteiger partial charge in [-0.2, -0.15) is 0 Å². The highest BCUT2D eigenvalue weighted by Gasteiger charge is 2.24. The van der Waals surface area contributed by atoms with Gasteiger partial charge in [0.25, 0.3) is 10.0 Å². The van der Waals surface area contributed by atoms with Gasteiger partial charge in [-0.25, -0.2) is 23.1 Å². The van der Waals surface area contributed by atoms with Crippen LogP contribution in [-0.4, -0.2) is 18.4 Å². The minimum atomic E-state index is -3.60. The average Bonchev–Trinajstić information content (AvgIpc) is 2.86. The Hall–Kier alpha value is -1.03. The van der Waals surface area contributed by atoms with Gasteiger partial charge in [-0.15, -0.1) is 11.3 Å². The topological polar surface area (TPSA) is 98.0 Å². The van der Waals surface area contributed by atoms with Gasteiger partial charge in [0.1, 0.15) is 5.01 Å². The zero-order valence-electron chi connectivity index (χ0n) is 9.75. The van der Waals surface area contributed by atoms with E-state index in [2.05, 4.69) is 14.7 Å². The summed E-state index contributed by atoms with van der Waals surface area (Å²) in [4.78, 5) is 7.99. The van der Waals surface area contributed by atoms with Crippen molar-refractivity contribution in [2.75, 3.05) is 5.73 Å². The molecule has 0 radical (unpaired) electrons. The molecule has 3 N–H and O–H groups in total. The Morgan fingerprint density at radius 1 is 1.50 bits per heavy atom. The molecule has 0 bridgehead atoms. The molecule has 98 valence electrons. The van der Waals surface area contributed by atoms with Gasteiger partial charge in [0.15, 0.2) is 9.34 Å². The lowest BCUT2D eigenvalue weighted by molar-refractivity contribution is 0.567. The van der Waals surface area contributed by atoms with Gasteiger partial charge in [0.05, 0.1) is 11.7 Å². The molecule has 2 rings (SSSR count). The maximum absolute atomic E-state index is 12.2. The van der Waals surface area contributed by atoms with E-state index in [9.17, 15) is 8.42 Å². The fraction of sp³-hybridized carbons (Fsp3) is 0.333. The highest BCUT2D eigenvalue weighted by Crippen LogP contribution is 2.26. The summed E-state index contributed by atoms with van der Waals surface area (Å²) in [6.07, 6.45) is 1.64. The van der Waals surface area contributed by atoms with Crippen LogP contribution in [-0.2, 0) is 10.0 Å². The number of sulfonamides is 1. The average molecular weight is 304 g/mol. The molecule has 2 heterocycles. The second-order valence-electron chi connectivity index (χ2n) is 3.64. The number of hydrogen-bond acceptors (Lipinski definition) is 7. The summed E-state index contributed by atoms with van der Waals surface area (Å²) in [5.41, 5.74) is 5.92. The summed E-state index contributed by atoms with van der Waals surface area (Å²) in [5, 5.41) is 2.76. The molecule has 0 fully saturated rings. The lowest BCUT2D eigenvalue weighted by Crippen LogP contribution is -2.26. The van der Waals surface area contributed by atoms with Gasteiger partial charge in [-0.05, 0) is 13.8 Å². The second kappa shape index (κ2) is 4.92. The molecule has 6 nitrogen and oxygen atoms in total. The molecule has 9 heteroatoms. The van der Waals surface area contributed by atoms with Crippen LogP contribution in [0.2, 0.25) is 0 Å². The molecule has 0 saturated carbocycles. The van der Waals surface area contributed by atoms with E-state index in [1.54, 1.807) is 25.4 Å². The number of anilines is 1. The Morgan fingerprint density at radius 3 is 2.72 bits per heavy atom. The molecule has 0 spiro atoms. The van der Waals surface area contributed by atoms with Gasteiger partial charge in [0, 0.05) is 11.6 Å². The van der Waals surface area contributed by atoms with E-state index in [-0.39, 0.29) is 15.4 Å². The predicted octanol–water partition coefficient (Wildman–Crippen LogP) is 1.53. The van der Waals surface area contributed by atoms with Gasteiger partial charge in [-0.1, -0.05) is 11.3 Å². The molecule has 0 amide bonds. The SMILES string of the molecule is Cc1nc(N)sc1S(=O)(=O)NC(C)c1nccs1. The molecule has 0 aromatic carbocycles. The van der Waals surface area contributed by atoms with Crippen molar-refractivity contribution in [2.45, 2.75) is 24.1 Å². The van der Waals surface area contributed by atoms with Crippen LogP contribution in [0.25, 0.3) is 0 Å². The van der Waals surface area contributed by atoms with Gasteiger partial charge < -0.3 is 5.73 Å². The Balaban J connectivity index is 2.25. The molecule has 18 heavy (non-hydrogen) atoms. The number of aromatic nitrogens is 2. The van der Waals surface area contributed by atoms with Crippen LogP contribution in [0.4, 0.5) is 5.13 Å². The first-order valence-electron chi connectivity index (χ1n) is 5.05. The standard InChI is InChI=1S/C9H12N4O2S3/c1-5(7-11-3-4-16-7)13-18(14,15)8-6(2)12-9(10)17-8/h3-5,13H,1-2H3,(H2,10,12). The molecule has 0 aliphatic rings. The summed E-state index contributed by atoms with van der Waals surface area (Å²) >= 11 is 2.36. The molecule has 2 aromatic heterocycles. The van der Waals surface area contributed by atoms with Crippen molar-refractivity contribution >= 4 is 37.8 Å². The lowest BCUT2D eigenvalue weighted by atomic mass is 10.4. The minimum absolute atomic E-state index is 0.156. The van der Waals surface area contributed by atoms with Crippen molar-refractivity contribution in [3.63, 3.8) is 0 Å². The Morgan fingerprint density at radius 2 is 2.22 bits per heavy atom. The van der Waals surface area contributed by atoms with Crippen LogP contribution in [0.15, 0.2) is 15.8 Å². The normalized spacial score (nSPS) is 13.7. The lowest BCUT2D eigenvalue weighted by Gasteiger charge is -2.10. The van der Waals surface area contributed by atoms with Crippen LogP contribution < -0.4 is 10.5 Å². The van der Waals surface area contributed by atoms with E-state index in [1.807, 2.05) is 0 Å². The van der Waals surface area contributed by atoms with Crippen LogP contribution in [0.3, 0.4) is 0 Å². The number of hydrogen-bond donors (Lipinski definition) is 2. The fourth-order valence-corrected chi connectivity index (χ4v) is 4.68. The van der Waals surface area contributed by atoms with Gasteiger partial charge >= 0.3 is 0 Å². The van der Waals surface area contributed by atoms with Crippen molar-refractivity contribution in [1.29, 1.82) is 0 Å². The molecule has 2 aromatic rings. The summed E-state index contributed by atoms with van der Waals surface area (Å²) < 4.78 is 27.0. The van der Waals surface area contributed by atoms with E-state index in [0.717, 1.165) is 11.3 Å². The quantitative estimate of drug-likeness (QED) is 0.892. The van der Waals surface area contributed by atoms with Crippen molar-refractivity contribution in [1.82, 2.24) is 14.7 Å². The highest BCUT2D eigenvalue weighted by molar-refractivity contribution is 7.91. The van der Waals surface area contributed by atoms with Crippen molar-refractivity contribution < 1.29 is 8.42 Å². The van der Waals surface area contributed by atoms with Crippen molar-refractivity contribution in [2.24, 2.45) is 0 Å². The van der Waals surface area contributed by atoms with Gasteiger partial charge in [0.2, 0.25) is 0 Å². The number of nitrogens with zero attached hydrogens (tertiary/aromatic N) is 2. The first-order valence-corrected chi connectivity index (χ1v) is 8.22.